The highest BCUT2D eigenvalue weighted by Gasteiger charge is 2.15. The van der Waals surface area contributed by atoms with Gasteiger partial charge in [-0.25, -0.2) is 0 Å². The van der Waals surface area contributed by atoms with Crippen LogP contribution in [0.25, 0.3) is 0 Å². The number of rotatable bonds is 1. The molecule has 0 spiro atoms. The Morgan fingerprint density at radius 2 is 2.00 bits per heavy atom. The third-order valence-corrected chi connectivity index (χ3v) is 3.06. The van der Waals surface area contributed by atoms with Gasteiger partial charge in [-0.15, -0.1) is 24.2 Å². The minimum Gasteiger partial charge on any atom is -0.508 e. The zero-order valence-corrected chi connectivity index (χ0v) is 9.44. The van der Waals surface area contributed by atoms with Gasteiger partial charge in [-0.2, -0.15) is 0 Å². The van der Waals surface area contributed by atoms with Crippen molar-refractivity contribution in [1.29, 1.82) is 0 Å². The van der Waals surface area contributed by atoms with Crippen LogP contribution in [0.3, 0.4) is 0 Å². The van der Waals surface area contributed by atoms with E-state index >= 15 is 0 Å². The van der Waals surface area contributed by atoms with Crippen LogP contribution >= 0.6 is 24.2 Å². The van der Waals surface area contributed by atoms with Gasteiger partial charge in [0, 0.05) is 10.8 Å². The van der Waals surface area contributed by atoms with E-state index in [9.17, 15) is 0 Å². The first-order chi connectivity index (χ1) is 6.25. The van der Waals surface area contributed by atoms with Crippen LogP contribution in [-0.4, -0.2) is 21.9 Å². The molecule has 0 bridgehead atoms. The number of phenols is 1. The van der Waals surface area contributed by atoms with Crippen LogP contribution < -0.4 is 0 Å². The predicted molar refractivity (Wildman–Crippen MR) is 63.8 cm³/mol. The number of benzene rings is 1. The van der Waals surface area contributed by atoms with Crippen LogP contribution in [0.15, 0.2) is 29.3 Å². The molecule has 0 saturated heterocycles. The number of nitrogens with zero attached hydrogens (tertiary/aromatic N) is 1. The predicted octanol–water partition coefficient (Wildman–Crippen LogP) is 2.70. The van der Waals surface area contributed by atoms with Crippen molar-refractivity contribution >= 4 is 29.2 Å². The maximum Gasteiger partial charge on any atom is 0.115 e. The van der Waals surface area contributed by atoms with E-state index in [4.69, 9.17) is 5.11 Å². The topological polar surface area (TPSA) is 32.6 Å². The maximum atomic E-state index is 9.10. The first kappa shape index (κ1) is 11.4. The summed E-state index contributed by atoms with van der Waals surface area (Å²) in [4.78, 5) is 4.41. The second kappa shape index (κ2) is 4.71. The number of hydrogen-bond donors (Lipinski definition) is 1. The van der Waals surface area contributed by atoms with Crippen molar-refractivity contribution < 1.29 is 5.11 Å². The van der Waals surface area contributed by atoms with Gasteiger partial charge in [-0.05, 0) is 24.3 Å². The lowest BCUT2D eigenvalue weighted by Crippen LogP contribution is -1.95. The number of thioether (sulfide) groups is 1. The lowest BCUT2D eigenvalue weighted by Gasteiger charge is -2.01. The molecule has 1 aromatic carbocycles. The van der Waals surface area contributed by atoms with Crippen molar-refractivity contribution in [1.82, 2.24) is 0 Å². The molecule has 0 aliphatic carbocycles. The summed E-state index contributed by atoms with van der Waals surface area (Å²) in [6, 6.07) is 7.20. The molecule has 1 N–H and O–H groups in total. The number of aromatic hydroxyl groups is 1. The van der Waals surface area contributed by atoms with Crippen molar-refractivity contribution in [2.75, 3.05) is 6.54 Å². The summed E-state index contributed by atoms with van der Waals surface area (Å²) in [6.07, 6.45) is 0. The van der Waals surface area contributed by atoms with Gasteiger partial charge in [-0.3, -0.25) is 4.99 Å². The molecule has 4 heteroatoms. The number of hydrogen-bond acceptors (Lipinski definition) is 3. The van der Waals surface area contributed by atoms with E-state index in [1.807, 2.05) is 12.1 Å². The molecule has 14 heavy (non-hydrogen) atoms. The first-order valence-corrected chi connectivity index (χ1v) is 5.14. The highest BCUT2D eigenvalue weighted by Crippen LogP contribution is 2.25. The molecular formula is C10H12ClNOS. The van der Waals surface area contributed by atoms with Gasteiger partial charge in [-0.1, -0.05) is 6.92 Å². The second-order valence-corrected chi connectivity index (χ2v) is 4.55. The highest BCUT2D eigenvalue weighted by molar-refractivity contribution is 8.15. The molecule has 1 heterocycles. The summed E-state index contributed by atoms with van der Waals surface area (Å²) in [5.41, 5.74) is 1.10. The zero-order valence-electron chi connectivity index (χ0n) is 7.80. The molecule has 2 rings (SSSR count). The van der Waals surface area contributed by atoms with E-state index in [1.54, 1.807) is 23.9 Å². The maximum absolute atomic E-state index is 9.10. The van der Waals surface area contributed by atoms with Crippen LogP contribution in [0.5, 0.6) is 5.75 Å². The summed E-state index contributed by atoms with van der Waals surface area (Å²) in [5, 5.41) is 10.8. The minimum atomic E-state index is 0. The third kappa shape index (κ3) is 2.42. The lowest BCUT2D eigenvalue weighted by molar-refractivity contribution is 0.475. The Bertz CT molecular complexity index is 336. The Hall–Kier alpha value is -0.670. The van der Waals surface area contributed by atoms with Gasteiger partial charge in [0.15, 0.2) is 0 Å². The van der Waals surface area contributed by atoms with E-state index in [0.717, 1.165) is 17.2 Å². The Labute approximate surface area is 93.9 Å². The van der Waals surface area contributed by atoms with E-state index in [0.29, 0.717) is 11.0 Å². The van der Waals surface area contributed by atoms with Crippen molar-refractivity contribution in [3.63, 3.8) is 0 Å². The van der Waals surface area contributed by atoms with Crippen LogP contribution in [0.2, 0.25) is 0 Å². The normalized spacial score (nSPS) is 20.1. The van der Waals surface area contributed by atoms with Crippen molar-refractivity contribution in [2.45, 2.75) is 12.2 Å². The Balaban J connectivity index is 0.000000980. The summed E-state index contributed by atoms with van der Waals surface area (Å²) in [5.74, 6) is 0.306. The molecule has 1 aromatic rings. The monoisotopic (exact) mass is 229 g/mol. The Kier molecular flexibility index (Phi) is 3.84. The fraction of sp³-hybridized carbons (Fsp3) is 0.300. The minimum absolute atomic E-state index is 0. The molecule has 0 aromatic heterocycles. The van der Waals surface area contributed by atoms with E-state index < -0.39 is 0 Å². The van der Waals surface area contributed by atoms with Gasteiger partial charge in [0.1, 0.15) is 5.75 Å². The molecule has 1 aliphatic heterocycles. The van der Waals surface area contributed by atoms with Gasteiger partial charge < -0.3 is 5.11 Å². The molecule has 1 aliphatic rings. The molecule has 0 saturated carbocycles. The van der Waals surface area contributed by atoms with Crippen LogP contribution in [0.4, 0.5) is 0 Å². The number of halogens is 1. The van der Waals surface area contributed by atoms with E-state index in [2.05, 4.69) is 11.9 Å². The van der Waals surface area contributed by atoms with Crippen molar-refractivity contribution in [3.05, 3.63) is 29.8 Å². The van der Waals surface area contributed by atoms with Gasteiger partial charge >= 0.3 is 0 Å². The molecule has 0 fully saturated rings. The van der Waals surface area contributed by atoms with Crippen LogP contribution in [0, 0.1) is 0 Å². The Morgan fingerprint density at radius 3 is 2.50 bits per heavy atom. The van der Waals surface area contributed by atoms with Crippen molar-refractivity contribution in [3.8, 4) is 5.75 Å². The second-order valence-electron chi connectivity index (χ2n) is 3.12. The van der Waals surface area contributed by atoms with Gasteiger partial charge in [0.2, 0.25) is 0 Å². The first-order valence-electron chi connectivity index (χ1n) is 4.26. The standard InChI is InChI=1S/C10H11NOS.ClH/c1-7-6-11-10(13-7)8-2-4-9(12)5-3-8;/h2-5,7,12H,6H2,1H3;1H. The summed E-state index contributed by atoms with van der Waals surface area (Å²) >= 11 is 1.79. The fourth-order valence-corrected chi connectivity index (χ4v) is 2.19. The summed E-state index contributed by atoms with van der Waals surface area (Å²) in [7, 11) is 0. The Morgan fingerprint density at radius 1 is 1.36 bits per heavy atom. The molecule has 2 nitrogen and oxygen atoms in total. The largest absolute Gasteiger partial charge is 0.508 e. The van der Waals surface area contributed by atoms with Crippen LogP contribution in [-0.2, 0) is 0 Å². The average molecular weight is 230 g/mol. The molecule has 1 unspecified atom stereocenters. The van der Waals surface area contributed by atoms with Crippen molar-refractivity contribution in [2.24, 2.45) is 4.99 Å². The van der Waals surface area contributed by atoms with Gasteiger partial charge in [0.25, 0.3) is 0 Å². The summed E-state index contributed by atoms with van der Waals surface area (Å²) < 4.78 is 0. The fourth-order valence-electron chi connectivity index (χ4n) is 1.24. The smallest absolute Gasteiger partial charge is 0.115 e. The zero-order chi connectivity index (χ0) is 9.26. The molecular weight excluding hydrogens is 218 g/mol. The number of phenolic OH excluding ortho intramolecular Hbond substituents is 1. The quantitative estimate of drug-likeness (QED) is 0.803. The van der Waals surface area contributed by atoms with Gasteiger partial charge in [0.05, 0.1) is 11.6 Å². The molecule has 0 radical (unpaired) electrons. The number of aliphatic imine (C=N–C) groups is 1. The lowest BCUT2D eigenvalue weighted by atomic mass is 10.2. The molecule has 76 valence electrons. The molecule has 1 atom stereocenters. The average Bonchev–Trinajstić information content (AvgIpc) is 2.53. The SMILES string of the molecule is CC1CN=C(c2ccc(O)cc2)S1.Cl. The van der Waals surface area contributed by atoms with Crippen LogP contribution in [0.1, 0.15) is 12.5 Å². The van der Waals surface area contributed by atoms with E-state index in [1.165, 1.54) is 0 Å². The third-order valence-electron chi connectivity index (χ3n) is 1.92. The molecule has 0 amide bonds. The summed E-state index contributed by atoms with van der Waals surface area (Å²) in [6.45, 7) is 3.07. The highest BCUT2D eigenvalue weighted by atomic mass is 35.5. The van der Waals surface area contributed by atoms with E-state index in [-0.39, 0.29) is 12.4 Å².